The molecule has 3 rings (SSSR count). The standard InChI is InChI=1S/C11H14N4O6S/c1-11(5-14-3-2-12-13-14)7(10(18)19)15-8(17)6(4-16)9(15)22(11,20)21/h2-3,6-7,9,16H,4-5H2,1H3,(H,18,19)/p-1/t6-,7+,9-,11+/m1/s1. The highest BCUT2D eigenvalue weighted by Gasteiger charge is 2.71. The topological polar surface area (TPSA) is 146 Å². The van der Waals surface area contributed by atoms with Crippen LogP contribution < -0.4 is 5.11 Å². The molecule has 11 heteroatoms. The maximum absolute atomic E-state index is 12.8. The number of aromatic nitrogens is 3. The maximum Gasteiger partial charge on any atom is 0.232 e. The predicted octanol–water partition coefficient (Wildman–Crippen LogP) is -3.64. The summed E-state index contributed by atoms with van der Waals surface area (Å²) in [6.07, 6.45) is 2.73. The van der Waals surface area contributed by atoms with Gasteiger partial charge in [0.2, 0.25) is 5.91 Å². The van der Waals surface area contributed by atoms with E-state index in [1.54, 1.807) is 0 Å². The van der Waals surface area contributed by atoms with Gasteiger partial charge in [-0.25, -0.2) is 8.42 Å². The van der Waals surface area contributed by atoms with Gasteiger partial charge in [0.1, 0.15) is 10.1 Å². The maximum atomic E-state index is 12.8. The molecule has 0 saturated carbocycles. The average molecular weight is 329 g/mol. The van der Waals surface area contributed by atoms with Crippen molar-refractivity contribution >= 4 is 21.7 Å². The largest absolute Gasteiger partial charge is 0.548 e. The van der Waals surface area contributed by atoms with E-state index in [1.807, 2.05) is 0 Å². The van der Waals surface area contributed by atoms with Crippen LogP contribution >= 0.6 is 0 Å². The predicted molar refractivity (Wildman–Crippen MR) is 67.4 cm³/mol. The van der Waals surface area contributed by atoms with Crippen LogP contribution in [0.1, 0.15) is 6.92 Å². The number of carboxylic acid groups (broad SMARTS) is 1. The van der Waals surface area contributed by atoms with E-state index in [9.17, 15) is 28.2 Å². The number of carbonyl (C=O) groups excluding carboxylic acids is 2. The normalized spacial score (nSPS) is 36.0. The average Bonchev–Trinajstić information content (AvgIpc) is 2.97. The lowest BCUT2D eigenvalue weighted by molar-refractivity contribution is -0.313. The third-order valence-corrected chi connectivity index (χ3v) is 7.23. The Labute approximate surface area is 125 Å². The molecule has 2 fully saturated rings. The van der Waals surface area contributed by atoms with Crippen LogP contribution in [-0.4, -0.2) is 68.1 Å². The van der Waals surface area contributed by atoms with Crippen LogP contribution in [0, 0.1) is 5.92 Å². The van der Waals surface area contributed by atoms with Gasteiger partial charge in [-0.3, -0.25) is 9.48 Å². The number of aliphatic hydroxyl groups excluding tert-OH is 1. The van der Waals surface area contributed by atoms with E-state index in [1.165, 1.54) is 24.0 Å². The van der Waals surface area contributed by atoms with Crippen LogP contribution in [0.15, 0.2) is 12.4 Å². The molecular formula is C11H13N4O6S-. The summed E-state index contributed by atoms with van der Waals surface area (Å²) in [5, 5.41) is 26.5. The first-order valence-corrected chi connectivity index (χ1v) is 8.02. The summed E-state index contributed by atoms with van der Waals surface area (Å²) >= 11 is 0. The number of aliphatic carboxylic acids is 1. The Kier molecular flexibility index (Phi) is 3.04. The van der Waals surface area contributed by atoms with Crippen molar-refractivity contribution in [2.75, 3.05) is 6.61 Å². The van der Waals surface area contributed by atoms with Crippen LogP contribution in [0.2, 0.25) is 0 Å². The zero-order chi connectivity index (χ0) is 16.3. The van der Waals surface area contributed by atoms with Crippen molar-refractivity contribution in [1.29, 1.82) is 0 Å². The Hall–Kier alpha value is -2.01. The van der Waals surface area contributed by atoms with Gasteiger partial charge >= 0.3 is 0 Å². The highest BCUT2D eigenvalue weighted by Crippen LogP contribution is 2.49. The SMILES string of the molecule is C[C@]1(Cn2ccnn2)[C@H](C(=O)[O-])N2C(=O)[C@@H](CO)[C@H]2S1(=O)=O. The van der Waals surface area contributed by atoms with E-state index in [4.69, 9.17) is 0 Å². The Morgan fingerprint density at radius 1 is 1.55 bits per heavy atom. The van der Waals surface area contributed by atoms with Crippen LogP contribution in [0.5, 0.6) is 0 Å². The van der Waals surface area contributed by atoms with Gasteiger partial charge in [-0.05, 0) is 6.92 Å². The summed E-state index contributed by atoms with van der Waals surface area (Å²) in [6.45, 7) is 0.301. The highest BCUT2D eigenvalue weighted by molar-refractivity contribution is 7.93. The molecule has 2 aliphatic heterocycles. The summed E-state index contributed by atoms with van der Waals surface area (Å²) in [7, 11) is -4.06. The van der Waals surface area contributed by atoms with Gasteiger partial charge in [-0.15, -0.1) is 5.10 Å². The summed E-state index contributed by atoms with van der Waals surface area (Å²) in [6, 6.07) is -1.64. The fraction of sp³-hybridized carbons (Fsp3) is 0.636. The molecule has 0 aromatic carbocycles. The van der Waals surface area contributed by atoms with Crippen molar-refractivity contribution in [3.05, 3.63) is 12.4 Å². The zero-order valence-corrected chi connectivity index (χ0v) is 12.3. The van der Waals surface area contributed by atoms with Crippen LogP contribution in [-0.2, 0) is 26.0 Å². The van der Waals surface area contributed by atoms with Crippen molar-refractivity contribution in [1.82, 2.24) is 19.9 Å². The molecule has 0 bridgehead atoms. The van der Waals surface area contributed by atoms with Gasteiger partial charge in [0, 0.05) is 6.20 Å². The number of sulfone groups is 1. The second-order valence-electron chi connectivity index (χ2n) is 5.61. The minimum atomic E-state index is -4.06. The molecule has 0 aliphatic carbocycles. The zero-order valence-electron chi connectivity index (χ0n) is 11.5. The lowest BCUT2D eigenvalue weighted by atomic mass is 9.91. The molecule has 10 nitrogen and oxygen atoms in total. The molecule has 1 amide bonds. The number of carbonyl (C=O) groups is 2. The third kappa shape index (κ3) is 1.60. The van der Waals surface area contributed by atoms with Crippen LogP contribution in [0.25, 0.3) is 0 Å². The van der Waals surface area contributed by atoms with Gasteiger partial charge in [0.25, 0.3) is 0 Å². The summed E-state index contributed by atoms with van der Waals surface area (Å²) in [5.41, 5.74) is 0. The van der Waals surface area contributed by atoms with E-state index in [0.29, 0.717) is 0 Å². The minimum absolute atomic E-state index is 0.285. The Balaban J connectivity index is 2.11. The monoisotopic (exact) mass is 329 g/mol. The van der Waals surface area contributed by atoms with E-state index in [-0.39, 0.29) is 6.54 Å². The molecule has 120 valence electrons. The molecule has 1 N–H and O–H groups in total. The van der Waals surface area contributed by atoms with Gasteiger partial charge in [0.05, 0.1) is 37.3 Å². The lowest BCUT2D eigenvalue weighted by Crippen LogP contribution is -2.66. The molecule has 22 heavy (non-hydrogen) atoms. The first-order valence-electron chi connectivity index (χ1n) is 6.47. The van der Waals surface area contributed by atoms with Crippen molar-refractivity contribution in [3.8, 4) is 0 Å². The quantitative estimate of drug-likeness (QED) is 0.557. The highest BCUT2D eigenvalue weighted by atomic mass is 32.2. The molecule has 0 radical (unpaired) electrons. The molecule has 0 unspecified atom stereocenters. The molecule has 1 aromatic rings. The third-order valence-electron chi connectivity index (χ3n) is 4.38. The van der Waals surface area contributed by atoms with E-state index < -0.39 is 50.4 Å². The van der Waals surface area contributed by atoms with Crippen molar-refractivity contribution in [2.24, 2.45) is 5.92 Å². The number of nitrogens with zero attached hydrogens (tertiary/aromatic N) is 4. The van der Waals surface area contributed by atoms with Crippen LogP contribution in [0.4, 0.5) is 0 Å². The summed E-state index contributed by atoms with van der Waals surface area (Å²) < 4.78 is 24.9. The summed E-state index contributed by atoms with van der Waals surface area (Å²) in [5.74, 6) is -3.49. The smallest absolute Gasteiger partial charge is 0.232 e. The molecule has 3 heterocycles. The number of fused-ring (bicyclic) bond motifs is 1. The number of aliphatic hydroxyl groups is 1. The Morgan fingerprint density at radius 3 is 2.73 bits per heavy atom. The number of hydrogen-bond acceptors (Lipinski definition) is 8. The van der Waals surface area contributed by atoms with Crippen LogP contribution in [0.3, 0.4) is 0 Å². The number of rotatable bonds is 4. The minimum Gasteiger partial charge on any atom is -0.548 e. The van der Waals surface area contributed by atoms with Crippen molar-refractivity contribution in [3.63, 3.8) is 0 Å². The second-order valence-corrected chi connectivity index (χ2v) is 8.11. The van der Waals surface area contributed by atoms with Gasteiger partial charge < -0.3 is 19.9 Å². The van der Waals surface area contributed by atoms with E-state index in [0.717, 1.165) is 4.90 Å². The first-order chi connectivity index (χ1) is 10.3. The lowest BCUT2D eigenvalue weighted by Gasteiger charge is -2.43. The Bertz CT molecular complexity index is 732. The fourth-order valence-corrected chi connectivity index (χ4v) is 5.81. The van der Waals surface area contributed by atoms with Gasteiger partial charge in [-0.2, -0.15) is 0 Å². The van der Waals surface area contributed by atoms with Crippen molar-refractivity contribution < 1.29 is 28.2 Å². The molecule has 4 atom stereocenters. The number of carboxylic acids is 1. The number of β-lactam (4-membered cyclic amide) rings is 1. The number of hydrogen-bond donors (Lipinski definition) is 1. The van der Waals surface area contributed by atoms with E-state index >= 15 is 0 Å². The molecular weight excluding hydrogens is 316 g/mol. The van der Waals surface area contributed by atoms with Gasteiger partial charge in [0.15, 0.2) is 9.84 Å². The Morgan fingerprint density at radius 2 is 2.23 bits per heavy atom. The van der Waals surface area contributed by atoms with E-state index in [2.05, 4.69) is 10.3 Å². The fourth-order valence-electron chi connectivity index (χ4n) is 3.26. The molecule has 2 saturated heterocycles. The second kappa shape index (κ2) is 4.49. The summed E-state index contributed by atoms with van der Waals surface area (Å²) in [4.78, 5) is 24.2. The number of amides is 1. The van der Waals surface area contributed by atoms with Crippen molar-refractivity contribution in [2.45, 2.75) is 29.6 Å². The molecule has 2 aliphatic rings. The molecule has 0 spiro atoms. The van der Waals surface area contributed by atoms with Gasteiger partial charge in [-0.1, -0.05) is 5.21 Å². The molecule has 1 aromatic heterocycles. The first kappa shape index (κ1) is 14.9.